The maximum absolute atomic E-state index is 13.0. The van der Waals surface area contributed by atoms with Gasteiger partial charge in [0.05, 0.1) is 27.8 Å². The summed E-state index contributed by atoms with van der Waals surface area (Å²) in [5, 5.41) is 2.97. The Balaban J connectivity index is 1.85. The number of hydrogen-bond acceptors (Lipinski definition) is 5. The maximum Gasteiger partial charge on any atom is 0.261 e. The molecule has 0 saturated heterocycles. The fourth-order valence-electron chi connectivity index (χ4n) is 2.99. The lowest BCUT2D eigenvalue weighted by Gasteiger charge is -2.18. The van der Waals surface area contributed by atoms with Gasteiger partial charge in [-0.25, -0.2) is 13.4 Å². The van der Waals surface area contributed by atoms with Gasteiger partial charge in [0, 0.05) is 18.0 Å². The second kappa shape index (κ2) is 8.97. The number of carbonyl (C=O) groups excluding carboxylic acids is 1. The van der Waals surface area contributed by atoms with Crippen LogP contribution in [0.4, 0.5) is 5.69 Å². The lowest BCUT2D eigenvalue weighted by molar-refractivity contribution is 0.0782. The molecular formula is C22H25N3O3S2. The normalized spacial score (nSPS) is 11.3. The van der Waals surface area contributed by atoms with Crippen molar-refractivity contribution < 1.29 is 13.2 Å². The number of thiazole rings is 1. The van der Waals surface area contributed by atoms with E-state index in [-0.39, 0.29) is 10.8 Å². The number of aryl methyl sites for hydroxylation is 3. The number of sulfonamides is 1. The number of para-hydroxylation sites is 1. The molecule has 0 aliphatic rings. The Morgan fingerprint density at radius 3 is 2.53 bits per heavy atom. The van der Waals surface area contributed by atoms with Crippen LogP contribution >= 0.6 is 11.3 Å². The van der Waals surface area contributed by atoms with Crippen LogP contribution in [0.25, 0.3) is 0 Å². The summed E-state index contributed by atoms with van der Waals surface area (Å²) in [5.74, 6) is -0.244. The van der Waals surface area contributed by atoms with Crippen LogP contribution in [-0.4, -0.2) is 31.3 Å². The summed E-state index contributed by atoms with van der Waals surface area (Å²) in [6.07, 6.45) is 0.856. The van der Waals surface area contributed by atoms with Crippen molar-refractivity contribution >= 4 is 33.0 Å². The van der Waals surface area contributed by atoms with Crippen LogP contribution in [0.5, 0.6) is 0 Å². The summed E-state index contributed by atoms with van der Waals surface area (Å²) in [4.78, 5) is 19.1. The molecule has 1 amide bonds. The number of aromatic nitrogens is 1. The molecule has 0 radical (unpaired) electrons. The summed E-state index contributed by atoms with van der Waals surface area (Å²) in [6, 6.07) is 11.8. The largest absolute Gasteiger partial charge is 0.336 e. The van der Waals surface area contributed by atoms with Crippen molar-refractivity contribution in [3.05, 3.63) is 75.2 Å². The zero-order valence-corrected chi connectivity index (χ0v) is 19.1. The molecule has 0 saturated carbocycles. The van der Waals surface area contributed by atoms with E-state index >= 15 is 0 Å². The fraction of sp³-hybridized carbons (Fsp3) is 0.273. The van der Waals surface area contributed by atoms with E-state index < -0.39 is 10.0 Å². The van der Waals surface area contributed by atoms with Crippen molar-refractivity contribution in [2.24, 2.45) is 0 Å². The van der Waals surface area contributed by atoms with Crippen molar-refractivity contribution in [1.29, 1.82) is 0 Å². The second-order valence-electron chi connectivity index (χ2n) is 7.14. The molecule has 0 atom stereocenters. The molecule has 30 heavy (non-hydrogen) atoms. The van der Waals surface area contributed by atoms with E-state index in [2.05, 4.69) is 9.71 Å². The molecule has 158 valence electrons. The van der Waals surface area contributed by atoms with Gasteiger partial charge in [-0.05, 0) is 49.6 Å². The summed E-state index contributed by atoms with van der Waals surface area (Å²) in [7, 11) is -2.13. The molecule has 0 spiro atoms. The number of hydrogen-bond donors (Lipinski definition) is 1. The Hall–Kier alpha value is -2.71. The van der Waals surface area contributed by atoms with Gasteiger partial charge in [0.25, 0.3) is 15.9 Å². The molecule has 1 N–H and O–H groups in total. The zero-order valence-electron chi connectivity index (χ0n) is 17.5. The Labute approximate surface area is 181 Å². The number of amides is 1. The molecule has 0 unspecified atom stereocenters. The molecule has 8 heteroatoms. The third kappa shape index (κ3) is 4.88. The monoisotopic (exact) mass is 443 g/mol. The molecule has 1 heterocycles. The second-order valence-corrected chi connectivity index (χ2v) is 9.77. The first-order valence-electron chi connectivity index (χ1n) is 9.59. The summed E-state index contributed by atoms with van der Waals surface area (Å²) >= 11 is 1.57. The van der Waals surface area contributed by atoms with Gasteiger partial charge >= 0.3 is 0 Å². The SMILES string of the molecule is CCc1nc(CN(C)C(=O)c2cc(S(=O)(=O)Nc3ccccc3C)ccc2C)cs1. The van der Waals surface area contributed by atoms with Crippen molar-refractivity contribution in [1.82, 2.24) is 9.88 Å². The minimum atomic E-state index is -3.82. The summed E-state index contributed by atoms with van der Waals surface area (Å²) < 4.78 is 28.4. The van der Waals surface area contributed by atoms with Crippen LogP contribution in [0.15, 0.2) is 52.7 Å². The average Bonchev–Trinajstić information content (AvgIpc) is 3.16. The molecule has 0 aliphatic carbocycles. The minimum Gasteiger partial charge on any atom is -0.336 e. The van der Waals surface area contributed by atoms with Gasteiger partial charge in [0.1, 0.15) is 0 Å². The predicted molar refractivity (Wildman–Crippen MR) is 120 cm³/mol. The first-order valence-corrected chi connectivity index (χ1v) is 12.0. The highest BCUT2D eigenvalue weighted by molar-refractivity contribution is 7.92. The molecular weight excluding hydrogens is 418 g/mol. The highest BCUT2D eigenvalue weighted by atomic mass is 32.2. The molecule has 3 aromatic rings. The quantitative estimate of drug-likeness (QED) is 0.587. The van der Waals surface area contributed by atoms with Gasteiger partial charge in [-0.15, -0.1) is 11.3 Å². The number of nitrogens with one attached hydrogen (secondary N) is 1. The van der Waals surface area contributed by atoms with E-state index in [0.29, 0.717) is 23.4 Å². The third-order valence-electron chi connectivity index (χ3n) is 4.79. The van der Waals surface area contributed by atoms with Crippen LogP contribution in [-0.2, 0) is 23.0 Å². The maximum atomic E-state index is 13.0. The van der Waals surface area contributed by atoms with E-state index in [1.807, 2.05) is 31.4 Å². The van der Waals surface area contributed by atoms with Crippen LogP contribution < -0.4 is 4.72 Å². The van der Waals surface area contributed by atoms with Crippen molar-refractivity contribution in [2.45, 2.75) is 38.6 Å². The van der Waals surface area contributed by atoms with Crippen molar-refractivity contribution in [3.8, 4) is 0 Å². The zero-order chi connectivity index (χ0) is 21.9. The minimum absolute atomic E-state index is 0.0510. The number of nitrogens with zero attached hydrogens (tertiary/aromatic N) is 2. The molecule has 1 aromatic heterocycles. The Kier molecular flexibility index (Phi) is 6.58. The lowest BCUT2D eigenvalue weighted by Crippen LogP contribution is -2.27. The molecule has 0 aliphatic heterocycles. The van der Waals surface area contributed by atoms with Gasteiger partial charge in [-0.3, -0.25) is 9.52 Å². The number of anilines is 1. The van der Waals surface area contributed by atoms with Crippen molar-refractivity contribution in [2.75, 3.05) is 11.8 Å². The molecule has 2 aromatic carbocycles. The van der Waals surface area contributed by atoms with E-state index in [1.165, 1.54) is 12.1 Å². The number of rotatable bonds is 7. The Bertz CT molecular complexity index is 1170. The molecule has 3 rings (SSSR count). The first kappa shape index (κ1) is 22.0. The van der Waals surface area contributed by atoms with E-state index in [4.69, 9.17) is 0 Å². The third-order valence-corrected chi connectivity index (χ3v) is 7.19. The van der Waals surface area contributed by atoms with Crippen LogP contribution in [0.1, 0.15) is 39.1 Å². The Morgan fingerprint density at radius 2 is 1.87 bits per heavy atom. The fourth-order valence-corrected chi connectivity index (χ4v) is 4.89. The molecule has 0 fully saturated rings. The van der Waals surface area contributed by atoms with E-state index in [9.17, 15) is 13.2 Å². The predicted octanol–water partition coefficient (Wildman–Crippen LogP) is 4.40. The Morgan fingerprint density at radius 1 is 1.13 bits per heavy atom. The van der Waals surface area contributed by atoms with Gasteiger partial charge < -0.3 is 4.90 Å². The standard InChI is InChI=1S/C22H25N3O3S2/c1-5-21-23-17(14-29-21)13-25(4)22(26)19-12-18(11-10-15(19)2)30(27,28)24-20-9-7-6-8-16(20)3/h6-12,14,24H,5,13H2,1-4H3. The van der Waals surface area contributed by atoms with Crippen molar-refractivity contribution in [3.63, 3.8) is 0 Å². The highest BCUT2D eigenvalue weighted by Gasteiger charge is 2.21. The van der Waals surface area contributed by atoms with Crippen LogP contribution in [0.3, 0.4) is 0 Å². The van der Waals surface area contributed by atoms with Gasteiger partial charge in [-0.1, -0.05) is 31.2 Å². The van der Waals surface area contributed by atoms with E-state index in [1.54, 1.807) is 48.4 Å². The van der Waals surface area contributed by atoms with Crippen LogP contribution in [0, 0.1) is 13.8 Å². The lowest BCUT2D eigenvalue weighted by atomic mass is 10.1. The van der Waals surface area contributed by atoms with Gasteiger partial charge in [0.15, 0.2) is 0 Å². The molecule has 6 nitrogen and oxygen atoms in total. The number of benzene rings is 2. The van der Waals surface area contributed by atoms with E-state index in [0.717, 1.165) is 22.7 Å². The van der Waals surface area contributed by atoms with Crippen LogP contribution in [0.2, 0.25) is 0 Å². The smallest absolute Gasteiger partial charge is 0.261 e. The van der Waals surface area contributed by atoms with Gasteiger partial charge in [-0.2, -0.15) is 0 Å². The highest BCUT2D eigenvalue weighted by Crippen LogP contribution is 2.22. The summed E-state index contributed by atoms with van der Waals surface area (Å²) in [6.45, 7) is 6.04. The molecule has 0 bridgehead atoms. The first-order chi connectivity index (χ1) is 14.2. The topological polar surface area (TPSA) is 79.4 Å². The van der Waals surface area contributed by atoms with Gasteiger partial charge in [0.2, 0.25) is 0 Å². The summed E-state index contributed by atoms with van der Waals surface area (Å²) in [5.41, 5.74) is 3.23. The average molecular weight is 444 g/mol. The number of carbonyl (C=O) groups is 1.